The normalized spacial score (nSPS) is 11.8. The fourth-order valence-electron chi connectivity index (χ4n) is 8.05. The van der Waals surface area contributed by atoms with Gasteiger partial charge in [0.05, 0.1) is 56.2 Å². The lowest BCUT2D eigenvalue weighted by molar-refractivity contribution is 0.305. The summed E-state index contributed by atoms with van der Waals surface area (Å²) >= 11 is 0. The van der Waals surface area contributed by atoms with Gasteiger partial charge < -0.3 is 28.4 Å². The molecule has 0 radical (unpaired) electrons. The molecule has 1 N–H and O–H groups in total. The molecule has 3 aromatic heterocycles. The van der Waals surface area contributed by atoms with E-state index < -0.39 is 29.8 Å². The summed E-state index contributed by atoms with van der Waals surface area (Å²) in [5.41, 5.74) is 4.81. The lowest BCUT2D eigenvalue weighted by Crippen LogP contribution is -2.03. The van der Waals surface area contributed by atoms with E-state index in [1.54, 1.807) is 79.1 Å². The van der Waals surface area contributed by atoms with E-state index >= 15 is 0 Å². The minimum Gasteiger partial charge on any atom is -0.495 e. The standard InChI is InChI=1S/C57H44N4O13S3/c1-69-54-32-41-29-37(7-8-40(41)33-55(54)77(66,67)68)34-71-42-9-17-46(18-10-42)75(62,63)47-19-11-43(12-20-47)72-35-38-25-27-58-52(30-38)53-31-39(26-28-59-53)36-73-44-13-21-48(22-14-44)76(64,65)49-23-15-45(16-24-49)74-57-56(70-2)60-50-5-3-4-6-51(50)61-57/h3-33H,34-36H2,1-2H3,(H,66,67,68). The first kappa shape index (κ1) is 51.5. The number of nitrogens with zero attached hydrogens (tertiary/aromatic N) is 4. The molecule has 0 atom stereocenters. The van der Waals surface area contributed by atoms with Crippen LogP contribution >= 0.6 is 0 Å². The second-order valence-corrected chi connectivity index (χ2v) is 22.4. The number of pyridine rings is 2. The molecular formula is C57H44N4O13S3. The number of benzene rings is 7. The third-order valence-electron chi connectivity index (χ3n) is 12.0. The molecule has 0 saturated carbocycles. The van der Waals surface area contributed by atoms with Crippen molar-refractivity contribution in [2.24, 2.45) is 0 Å². The van der Waals surface area contributed by atoms with Crippen LogP contribution in [0.4, 0.5) is 0 Å². The molecule has 0 aliphatic heterocycles. The maximum absolute atomic E-state index is 13.6. The molecule has 10 aromatic rings. The molecule has 0 fully saturated rings. The van der Waals surface area contributed by atoms with Crippen LogP contribution in [-0.2, 0) is 49.6 Å². The summed E-state index contributed by atoms with van der Waals surface area (Å²) in [4.78, 5) is 17.9. The molecular weight excluding hydrogens is 1040 g/mol. The molecule has 7 aromatic carbocycles. The number of rotatable bonds is 19. The van der Waals surface area contributed by atoms with E-state index in [1.807, 2.05) is 36.4 Å². The summed E-state index contributed by atoms with van der Waals surface area (Å²) in [6.45, 7) is 0.475. The van der Waals surface area contributed by atoms with E-state index in [1.165, 1.54) is 87.0 Å². The number of aromatic nitrogens is 4. The summed E-state index contributed by atoms with van der Waals surface area (Å²) in [6, 6.07) is 47.1. The van der Waals surface area contributed by atoms with Gasteiger partial charge in [0.2, 0.25) is 19.7 Å². The Morgan fingerprint density at radius 2 is 0.857 bits per heavy atom. The molecule has 0 unspecified atom stereocenters. The van der Waals surface area contributed by atoms with E-state index in [-0.39, 0.29) is 61.8 Å². The number of fused-ring (bicyclic) bond motifs is 2. The molecule has 10 rings (SSSR count). The molecule has 0 aliphatic rings. The van der Waals surface area contributed by atoms with Gasteiger partial charge in [-0.2, -0.15) is 8.42 Å². The lowest BCUT2D eigenvalue weighted by Gasteiger charge is -2.11. The highest BCUT2D eigenvalue weighted by Gasteiger charge is 2.22. The topological polar surface area (TPSA) is 230 Å². The molecule has 3 heterocycles. The van der Waals surface area contributed by atoms with E-state index in [0.717, 1.165) is 16.7 Å². The second-order valence-electron chi connectivity index (χ2n) is 17.1. The van der Waals surface area contributed by atoms with Gasteiger partial charge in [0.1, 0.15) is 53.5 Å². The molecule has 17 nitrogen and oxygen atoms in total. The molecule has 0 spiro atoms. The van der Waals surface area contributed by atoms with Crippen molar-refractivity contribution in [1.82, 2.24) is 19.9 Å². The number of para-hydroxylation sites is 2. The fraction of sp³-hybridized carbons (Fsp3) is 0.0877. The first-order valence-corrected chi connectivity index (χ1v) is 27.8. The summed E-state index contributed by atoms with van der Waals surface area (Å²) in [6.07, 6.45) is 3.30. The van der Waals surface area contributed by atoms with Crippen molar-refractivity contribution in [3.05, 3.63) is 205 Å². The van der Waals surface area contributed by atoms with E-state index in [2.05, 4.69) is 19.9 Å². The third-order valence-corrected chi connectivity index (χ3v) is 16.5. The lowest BCUT2D eigenvalue weighted by atomic mass is 10.1. The highest BCUT2D eigenvalue weighted by molar-refractivity contribution is 7.91. The minimum atomic E-state index is -4.49. The number of sulfone groups is 2. The van der Waals surface area contributed by atoms with Crippen molar-refractivity contribution in [2.45, 2.75) is 44.3 Å². The third kappa shape index (κ3) is 11.7. The first-order chi connectivity index (χ1) is 37.1. The van der Waals surface area contributed by atoms with Crippen molar-refractivity contribution in [2.75, 3.05) is 14.2 Å². The SMILES string of the molecule is COc1cc2cc(COc3ccc(S(=O)(=O)c4ccc(OCc5ccnc(-c6cc(COc7ccc(S(=O)(=O)c8ccc(Oc9nc%10ccccc%10nc9OC)cc8)cc7)ccn6)c5)cc4)cc3)ccc2cc1S(=O)(=O)O. The largest absolute Gasteiger partial charge is 0.495 e. The van der Waals surface area contributed by atoms with Crippen molar-refractivity contribution in [3.8, 4) is 51.9 Å². The molecule has 0 saturated heterocycles. The van der Waals surface area contributed by atoms with Gasteiger partial charge in [-0.25, -0.2) is 26.8 Å². The Labute approximate surface area is 442 Å². The van der Waals surface area contributed by atoms with E-state index in [4.69, 9.17) is 28.4 Å². The van der Waals surface area contributed by atoms with Crippen LogP contribution in [0.5, 0.6) is 40.5 Å². The van der Waals surface area contributed by atoms with Gasteiger partial charge in [0.25, 0.3) is 21.9 Å². The van der Waals surface area contributed by atoms with Gasteiger partial charge in [-0.1, -0.05) is 24.3 Å². The Hall–Kier alpha value is -8.95. The van der Waals surface area contributed by atoms with Gasteiger partial charge in [-0.15, -0.1) is 0 Å². The predicted molar refractivity (Wildman–Crippen MR) is 284 cm³/mol. The number of methoxy groups -OCH3 is 2. The van der Waals surface area contributed by atoms with E-state index in [9.17, 15) is 29.8 Å². The zero-order valence-electron chi connectivity index (χ0n) is 40.9. The van der Waals surface area contributed by atoms with Gasteiger partial charge in [-0.05, 0) is 179 Å². The Bertz CT molecular complexity index is 4150. The maximum Gasteiger partial charge on any atom is 0.298 e. The monoisotopic (exact) mass is 1090 g/mol. The summed E-state index contributed by atoms with van der Waals surface area (Å²) in [5, 5.41) is 1.25. The van der Waals surface area contributed by atoms with Crippen LogP contribution in [0.25, 0.3) is 33.2 Å². The molecule has 388 valence electrons. The summed E-state index contributed by atoms with van der Waals surface area (Å²) < 4.78 is 122. The van der Waals surface area contributed by atoms with Gasteiger partial charge in [0.15, 0.2) is 0 Å². The Morgan fingerprint density at radius 3 is 1.29 bits per heavy atom. The van der Waals surface area contributed by atoms with Gasteiger partial charge in [-0.3, -0.25) is 14.5 Å². The highest BCUT2D eigenvalue weighted by Crippen LogP contribution is 2.34. The molecule has 77 heavy (non-hydrogen) atoms. The first-order valence-electron chi connectivity index (χ1n) is 23.4. The van der Waals surface area contributed by atoms with Crippen molar-refractivity contribution in [3.63, 3.8) is 0 Å². The van der Waals surface area contributed by atoms with Crippen LogP contribution in [0.15, 0.2) is 213 Å². The molecule has 0 bridgehead atoms. The van der Waals surface area contributed by atoms with Crippen LogP contribution in [0, 0.1) is 0 Å². The smallest absolute Gasteiger partial charge is 0.298 e. The maximum atomic E-state index is 13.6. The zero-order chi connectivity index (χ0) is 53.7. The highest BCUT2D eigenvalue weighted by atomic mass is 32.2. The Balaban J connectivity index is 0.710. The fourth-order valence-corrected chi connectivity index (χ4v) is 11.2. The minimum absolute atomic E-state index is 0.00577. The van der Waals surface area contributed by atoms with Crippen molar-refractivity contribution >= 4 is 51.6 Å². The number of hydrogen-bond donors (Lipinski definition) is 1. The average molecular weight is 1090 g/mol. The predicted octanol–water partition coefficient (Wildman–Crippen LogP) is 10.7. The van der Waals surface area contributed by atoms with Crippen molar-refractivity contribution < 1.29 is 58.2 Å². The summed E-state index contributed by atoms with van der Waals surface area (Å²) in [5.74, 6) is 2.05. The van der Waals surface area contributed by atoms with Crippen LogP contribution < -0.4 is 28.4 Å². The van der Waals surface area contributed by atoms with Crippen LogP contribution in [0.1, 0.15) is 16.7 Å². The Morgan fingerprint density at radius 1 is 0.429 bits per heavy atom. The number of hydrogen-bond acceptors (Lipinski definition) is 16. The average Bonchev–Trinajstić information content (AvgIpc) is 3.48. The Kier molecular flexibility index (Phi) is 14.5. The van der Waals surface area contributed by atoms with Crippen LogP contribution in [-0.4, -0.2) is 64.0 Å². The van der Waals surface area contributed by atoms with Crippen LogP contribution in [0.3, 0.4) is 0 Å². The van der Waals surface area contributed by atoms with Gasteiger partial charge in [0, 0.05) is 12.4 Å². The zero-order valence-corrected chi connectivity index (χ0v) is 43.3. The second kappa shape index (κ2) is 21.7. The van der Waals surface area contributed by atoms with E-state index in [0.29, 0.717) is 56.2 Å². The molecule has 0 aliphatic carbocycles. The van der Waals surface area contributed by atoms with Gasteiger partial charge >= 0.3 is 0 Å². The molecule has 20 heteroatoms. The quantitative estimate of drug-likeness (QED) is 0.0742. The summed E-state index contributed by atoms with van der Waals surface area (Å²) in [7, 11) is -9.46. The number of ether oxygens (including phenoxy) is 6. The van der Waals surface area contributed by atoms with Crippen LogP contribution in [0.2, 0.25) is 0 Å². The van der Waals surface area contributed by atoms with Crippen molar-refractivity contribution in [1.29, 1.82) is 0 Å². The molecule has 0 amide bonds.